The van der Waals surface area contributed by atoms with Gasteiger partial charge in [-0.15, -0.1) is 0 Å². The van der Waals surface area contributed by atoms with Gasteiger partial charge < -0.3 is 15.0 Å². The van der Waals surface area contributed by atoms with Crippen LogP contribution in [0.25, 0.3) is 0 Å². The van der Waals surface area contributed by atoms with E-state index in [9.17, 15) is 4.39 Å². The minimum absolute atomic E-state index is 0.125. The molecule has 1 heterocycles. The van der Waals surface area contributed by atoms with Gasteiger partial charge in [-0.1, -0.05) is 19.9 Å². The Kier molecular flexibility index (Phi) is 5.16. The molecule has 0 atom stereocenters. The van der Waals surface area contributed by atoms with Gasteiger partial charge in [0.25, 0.3) is 0 Å². The lowest BCUT2D eigenvalue weighted by Gasteiger charge is -2.31. The van der Waals surface area contributed by atoms with E-state index in [0.29, 0.717) is 12.5 Å². The standard InChI is InChI=1S/C15H23FN2O/c1-12(2)10-17-11-13-14(16)4-3-5-15(13)18-6-8-19-9-7-18/h3-5,12,17H,6-11H2,1-2H3. The summed E-state index contributed by atoms with van der Waals surface area (Å²) in [5.41, 5.74) is 1.77. The van der Waals surface area contributed by atoms with E-state index in [0.717, 1.165) is 44.1 Å². The molecule has 0 spiro atoms. The maximum absolute atomic E-state index is 14.0. The Morgan fingerprint density at radius 3 is 2.74 bits per heavy atom. The summed E-state index contributed by atoms with van der Waals surface area (Å²) >= 11 is 0. The summed E-state index contributed by atoms with van der Waals surface area (Å²) in [4.78, 5) is 2.21. The number of benzene rings is 1. The Balaban J connectivity index is 2.10. The zero-order valence-corrected chi connectivity index (χ0v) is 11.8. The van der Waals surface area contributed by atoms with Crippen LogP contribution in [0, 0.1) is 11.7 Å². The molecule has 106 valence electrons. The molecule has 4 heteroatoms. The Morgan fingerprint density at radius 2 is 2.05 bits per heavy atom. The highest BCUT2D eigenvalue weighted by Crippen LogP contribution is 2.24. The van der Waals surface area contributed by atoms with Gasteiger partial charge >= 0.3 is 0 Å². The molecule has 19 heavy (non-hydrogen) atoms. The van der Waals surface area contributed by atoms with Crippen LogP contribution in [-0.4, -0.2) is 32.8 Å². The van der Waals surface area contributed by atoms with Crippen LogP contribution in [0.1, 0.15) is 19.4 Å². The first-order valence-corrected chi connectivity index (χ1v) is 6.99. The Hall–Kier alpha value is -1.13. The maximum Gasteiger partial charge on any atom is 0.129 e. The van der Waals surface area contributed by atoms with Crippen LogP contribution in [0.5, 0.6) is 0 Å². The first-order chi connectivity index (χ1) is 9.18. The van der Waals surface area contributed by atoms with Crippen molar-refractivity contribution in [2.75, 3.05) is 37.7 Å². The third kappa shape index (κ3) is 3.91. The number of hydrogen-bond acceptors (Lipinski definition) is 3. The van der Waals surface area contributed by atoms with Crippen molar-refractivity contribution < 1.29 is 9.13 Å². The molecule has 1 aliphatic heterocycles. The maximum atomic E-state index is 14.0. The molecule has 2 rings (SSSR count). The summed E-state index contributed by atoms with van der Waals surface area (Å²) < 4.78 is 19.4. The molecule has 3 nitrogen and oxygen atoms in total. The lowest BCUT2D eigenvalue weighted by Crippen LogP contribution is -2.37. The number of nitrogens with one attached hydrogen (secondary N) is 1. The SMILES string of the molecule is CC(C)CNCc1c(F)cccc1N1CCOCC1. The van der Waals surface area contributed by atoms with Crippen molar-refractivity contribution in [2.24, 2.45) is 5.92 Å². The number of nitrogens with zero attached hydrogens (tertiary/aromatic N) is 1. The molecule has 1 N–H and O–H groups in total. The Bertz CT molecular complexity index is 403. The second-order valence-corrected chi connectivity index (χ2v) is 5.36. The highest BCUT2D eigenvalue weighted by atomic mass is 19.1. The van der Waals surface area contributed by atoms with Crippen LogP contribution in [0.2, 0.25) is 0 Å². The predicted molar refractivity (Wildman–Crippen MR) is 76.0 cm³/mol. The highest BCUT2D eigenvalue weighted by molar-refractivity contribution is 5.54. The van der Waals surface area contributed by atoms with Gasteiger partial charge in [0.1, 0.15) is 5.82 Å². The molecule has 0 aliphatic carbocycles. The zero-order valence-electron chi connectivity index (χ0n) is 11.8. The number of ether oxygens (including phenoxy) is 1. The normalized spacial score (nSPS) is 16.1. The predicted octanol–water partition coefficient (Wildman–Crippen LogP) is 2.41. The molecule has 0 unspecified atom stereocenters. The fourth-order valence-electron chi connectivity index (χ4n) is 2.31. The number of rotatable bonds is 5. The average molecular weight is 266 g/mol. The molecular formula is C15H23FN2O. The number of anilines is 1. The summed E-state index contributed by atoms with van der Waals surface area (Å²) in [6.07, 6.45) is 0. The molecule has 0 aromatic heterocycles. The van der Waals surface area contributed by atoms with Crippen LogP contribution in [-0.2, 0) is 11.3 Å². The lowest BCUT2D eigenvalue weighted by molar-refractivity contribution is 0.122. The van der Waals surface area contributed by atoms with Crippen LogP contribution in [0.15, 0.2) is 18.2 Å². The second-order valence-electron chi connectivity index (χ2n) is 5.36. The molecule has 1 fully saturated rings. The summed E-state index contributed by atoms with van der Waals surface area (Å²) in [6.45, 7) is 8.88. The summed E-state index contributed by atoms with van der Waals surface area (Å²) in [7, 11) is 0. The van der Waals surface area contributed by atoms with Gasteiger partial charge in [0.15, 0.2) is 0 Å². The summed E-state index contributed by atoms with van der Waals surface area (Å²) in [5, 5.41) is 3.32. The average Bonchev–Trinajstić information content (AvgIpc) is 2.41. The fraction of sp³-hybridized carbons (Fsp3) is 0.600. The van der Waals surface area contributed by atoms with E-state index in [1.807, 2.05) is 6.07 Å². The smallest absolute Gasteiger partial charge is 0.129 e. The minimum Gasteiger partial charge on any atom is -0.378 e. The van der Waals surface area contributed by atoms with Crippen molar-refractivity contribution in [1.29, 1.82) is 0 Å². The molecule has 1 saturated heterocycles. The van der Waals surface area contributed by atoms with Crippen molar-refractivity contribution in [3.63, 3.8) is 0 Å². The number of hydrogen-bond donors (Lipinski definition) is 1. The number of halogens is 1. The van der Waals surface area contributed by atoms with E-state index in [-0.39, 0.29) is 5.82 Å². The minimum atomic E-state index is -0.125. The third-order valence-corrected chi connectivity index (χ3v) is 3.30. The third-order valence-electron chi connectivity index (χ3n) is 3.30. The van der Waals surface area contributed by atoms with Gasteiger partial charge in [0, 0.05) is 30.9 Å². The number of morpholine rings is 1. The van der Waals surface area contributed by atoms with Gasteiger partial charge in [-0.2, -0.15) is 0 Å². The van der Waals surface area contributed by atoms with Crippen molar-refractivity contribution >= 4 is 5.69 Å². The monoisotopic (exact) mass is 266 g/mol. The molecule has 0 amide bonds. The van der Waals surface area contributed by atoms with Crippen molar-refractivity contribution in [3.05, 3.63) is 29.6 Å². The van der Waals surface area contributed by atoms with Gasteiger partial charge in [-0.25, -0.2) is 4.39 Å². The summed E-state index contributed by atoms with van der Waals surface area (Å²) in [6, 6.07) is 5.32. The van der Waals surface area contributed by atoms with Crippen molar-refractivity contribution in [2.45, 2.75) is 20.4 Å². The van der Waals surface area contributed by atoms with E-state index in [4.69, 9.17) is 4.74 Å². The zero-order chi connectivity index (χ0) is 13.7. The second kappa shape index (κ2) is 6.87. The van der Waals surface area contributed by atoms with Crippen molar-refractivity contribution in [1.82, 2.24) is 5.32 Å². The van der Waals surface area contributed by atoms with Gasteiger partial charge in [-0.05, 0) is 24.6 Å². The molecule has 0 saturated carbocycles. The van der Waals surface area contributed by atoms with E-state index >= 15 is 0 Å². The largest absolute Gasteiger partial charge is 0.378 e. The van der Waals surface area contributed by atoms with Crippen LogP contribution >= 0.6 is 0 Å². The first-order valence-electron chi connectivity index (χ1n) is 6.99. The van der Waals surface area contributed by atoms with E-state index in [2.05, 4.69) is 24.1 Å². The quantitative estimate of drug-likeness (QED) is 0.885. The molecular weight excluding hydrogens is 243 g/mol. The van der Waals surface area contributed by atoms with Crippen molar-refractivity contribution in [3.8, 4) is 0 Å². The van der Waals surface area contributed by atoms with E-state index < -0.39 is 0 Å². The topological polar surface area (TPSA) is 24.5 Å². The summed E-state index contributed by atoms with van der Waals surface area (Å²) in [5.74, 6) is 0.443. The highest BCUT2D eigenvalue weighted by Gasteiger charge is 2.16. The van der Waals surface area contributed by atoms with Crippen LogP contribution < -0.4 is 10.2 Å². The molecule has 1 aromatic rings. The molecule has 1 aromatic carbocycles. The Morgan fingerprint density at radius 1 is 1.32 bits per heavy atom. The van der Waals surface area contributed by atoms with Crippen LogP contribution in [0.3, 0.4) is 0 Å². The molecule has 0 radical (unpaired) electrons. The van der Waals surface area contributed by atoms with Crippen LogP contribution in [0.4, 0.5) is 10.1 Å². The fourth-order valence-corrected chi connectivity index (χ4v) is 2.31. The van der Waals surface area contributed by atoms with Gasteiger partial charge in [0.2, 0.25) is 0 Å². The van der Waals surface area contributed by atoms with Gasteiger partial charge in [-0.3, -0.25) is 0 Å². The van der Waals surface area contributed by atoms with Gasteiger partial charge in [0.05, 0.1) is 13.2 Å². The Labute approximate surface area is 114 Å². The van der Waals surface area contributed by atoms with E-state index in [1.165, 1.54) is 6.07 Å². The molecule has 0 bridgehead atoms. The molecule has 1 aliphatic rings. The van der Waals surface area contributed by atoms with E-state index in [1.54, 1.807) is 6.07 Å². The lowest BCUT2D eigenvalue weighted by atomic mass is 10.1. The first kappa shape index (κ1) is 14.3.